The molecule has 0 fully saturated rings. The lowest BCUT2D eigenvalue weighted by molar-refractivity contribution is -0.140. The molecule has 1 aromatic heterocycles. The van der Waals surface area contributed by atoms with E-state index in [9.17, 15) is 9.59 Å². The van der Waals surface area contributed by atoms with Crippen LogP contribution in [0.2, 0.25) is 0 Å². The quantitative estimate of drug-likeness (QED) is 0.821. The lowest BCUT2D eigenvalue weighted by atomic mass is 10.1. The fourth-order valence-corrected chi connectivity index (χ4v) is 1.66. The molecular weight excluding hydrogens is 248 g/mol. The van der Waals surface area contributed by atoms with Gasteiger partial charge in [0.1, 0.15) is 6.04 Å². The number of carbonyl (C=O) groups is 2. The molecule has 0 unspecified atom stereocenters. The zero-order valence-electron chi connectivity index (χ0n) is 11.6. The Hall–Kier alpha value is -2.05. The molecular formula is C12H20N4O3. The average Bonchev–Trinajstić information content (AvgIpc) is 2.70. The normalized spacial score (nSPS) is 12.3. The summed E-state index contributed by atoms with van der Waals surface area (Å²) in [5.74, 6) is -1.20. The summed E-state index contributed by atoms with van der Waals surface area (Å²) in [7, 11) is 3.41. The molecule has 2 amide bonds. The summed E-state index contributed by atoms with van der Waals surface area (Å²) in [5.41, 5.74) is 0.886. The summed E-state index contributed by atoms with van der Waals surface area (Å²) in [4.78, 5) is 24.3. The van der Waals surface area contributed by atoms with Crippen LogP contribution < -0.4 is 5.32 Å². The van der Waals surface area contributed by atoms with Crippen LogP contribution in [0.4, 0.5) is 4.79 Å². The number of carbonyl (C=O) groups excluding carboxylic acids is 1. The first-order valence-corrected chi connectivity index (χ1v) is 6.03. The van der Waals surface area contributed by atoms with Gasteiger partial charge in [-0.05, 0) is 5.92 Å². The fraction of sp³-hybridized carbons (Fsp3) is 0.583. The monoisotopic (exact) mass is 268 g/mol. The highest BCUT2D eigenvalue weighted by molar-refractivity contribution is 5.82. The molecule has 0 aliphatic heterocycles. The van der Waals surface area contributed by atoms with Crippen molar-refractivity contribution in [2.75, 3.05) is 7.05 Å². The average molecular weight is 268 g/mol. The lowest BCUT2D eigenvalue weighted by Gasteiger charge is -2.22. The molecule has 0 saturated carbocycles. The second-order valence-electron chi connectivity index (χ2n) is 4.89. The van der Waals surface area contributed by atoms with Crippen LogP contribution in [0.15, 0.2) is 12.4 Å². The van der Waals surface area contributed by atoms with E-state index in [-0.39, 0.29) is 5.92 Å². The molecule has 0 aliphatic rings. The van der Waals surface area contributed by atoms with Gasteiger partial charge in [0.25, 0.3) is 0 Å². The van der Waals surface area contributed by atoms with E-state index < -0.39 is 18.0 Å². The standard InChI is InChI=1S/C12H20N4O3/c1-8(2)10(11(17)18)14-12(19)15(3)6-9-5-13-16(4)7-9/h5,7-8,10H,6H2,1-4H3,(H,14,19)(H,17,18)/t10-/m0/s1. The Morgan fingerprint density at radius 2 is 2.16 bits per heavy atom. The van der Waals surface area contributed by atoms with Gasteiger partial charge in [0.2, 0.25) is 0 Å². The Balaban J connectivity index is 2.59. The van der Waals surface area contributed by atoms with Gasteiger partial charge in [0.05, 0.1) is 12.7 Å². The van der Waals surface area contributed by atoms with Gasteiger partial charge >= 0.3 is 12.0 Å². The van der Waals surface area contributed by atoms with E-state index in [2.05, 4.69) is 10.4 Å². The molecule has 0 radical (unpaired) electrons. The van der Waals surface area contributed by atoms with Gasteiger partial charge in [-0.25, -0.2) is 9.59 Å². The molecule has 2 N–H and O–H groups in total. The van der Waals surface area contributed by atoms with E-state index in [1.807, 2.05) is 0 Å². The number of hydrogen-bond acceptors (Lipinski definition) is 3. The largest absolute Gasteiger partial charge is 0.480 e. The number of aromatic nitrogens is 2. The minimum Gasteiger partial charge on any atom is -0.480 e. The summed E-state index contributed by atoms with van der Waals surface area (Å²) >= 11 is 0. The number of carboxylic acids is 1. The topological polar surface area (TPSA) is 87.5 Å². The Kier molecular flexibility index (Phi) is 4.91. The third-order valence-corrected chi connectivity index (χ3v) is 2.74. The molecule has 0 spiro atoms. The Morgan fingerprint density at radius 3 is 2.58 bits per heavy atom. The Morgan fingerprint density at radius 1 is 1.53 bits per heavy atom. The summed E-state index contributed by atoms with van der Waals surface area (Å²) in [6, 6.07) is -1.30. The summed E-state index contributed by atoms with van der Waals surface area (Å²) < 4.78 is 1.65. The molecule has 19 heavy (non-hydrogen) atoms. The molecule has 0 aliphatic carbocycles. The lowest BCUT2D eigenvalue weighted by Crippen LogP contribution is -2.48. The van der Waals surface area contributed by atoms with Crippen LogP contribution in [0, 0.1) is 5.92 Å². The highest BCUT2D eigenvalue weighted by atomic mass is 16.4. The van der Waals surface area contributed by atoms with Crippen molar-refractivity contribution in [2.45, 2.75) is 26.4 Å². The number of nitrogens with one attached hydrogen (secondary N) is 1. The number of hydrogen-bond donors (Lipinski definition) is 2. The molecule has 1 atom stereocenters. The second-order valence-corrected chi connectivity index (χ2v) is 4.89. The molecule has 0 bridgehead atoms. The van der Waals surface area contributed by atoms with Gasteiger partial charge in [-0.2, -0.15) is 5.10 Å². The molecule has 7 nitrogen and oxygen atoms in total. The number of carboxylic acid groups (broad SMARTS) is 1. The minimum absolute atomic E-state index is 0.173. The van der Waals surface area contributed by atoms with E-state index in [1.165, 1.54) is 4.90 Å². The van der Waals surface area contributed by atoms with Gasteiger partial charge in [-0.1, -0.05) is 13.8 Å². The van der Waals surface area contributed by atoms with Crippen molar-refractivity contribution in [1.82, 2.24) is 20.0 Å². The van der Waals surface area contributed by atoms with E-state index in [0.29, 0.717) is 6.54 Å². The maximum absolute atomic E-state index is 11.9. The predicted octanol–water partition coefficient (Wildman–Crippen LogP) is 0.671. The Labute approximate surface area is 112 Å². The first kappa shape index (κ1) is 15.0. The third-order valence-electron chi connectivity index (χ3n) is 2.74. The smallest absolute Gasteiger partial charge is 0.326 e. The number of rotatable bonds is 5. The van der Waals surface area contributed by atoms with Crippen molar-refractivity contribution in [3.05, 3.63) is 18.0 Å². The molecule has 0 saturated heterocycles. The molecule has 1 rings (SSSR count). The highest BCUT2D eigenvalue weighted by Gasteiger charge is 2.24. The van der Waals surface area contributed by atoms with Gasteiger partial charge in [-0.15, -0.1) is 0 Å². The van der Waals surface area contributed by atoms with Gasteiger partial charge in [0, 0.05) is 25.9 Å². The fourth-order valence-electron chi connectivity index (χ4n) is 1.66. The second kappa shape index (κ2) is 6.21. The van der Waals surface area contributed by atoms with E-state index in [1.54, 1.807) is 45.0 Å². The van der Waals surface area contributed by atoms with E-state index in [4.69, 9.17) is 5.11 Å². The van der Waals surface area contributed by atoms with Crippen LogP contribution in [-0.2, 0) is 18.4 Å². The van der Waals surface area contributed by atoms with Crippen molar-refractivity contribution in [3.8, 4) is 0 Å². The van der Waals surface area contributed by atoms with Crippen molar-refractivity contribution in [1.29, 1.82) is 0 Å². The summed E-state index contributed by atoms with van der Waals surface area (Å²) in [6.45, 7) is 3.88. The highest BCUT2D eigenvalue weighted by Crippen LogP contribution is 2.05. The Bertz CT molecular complexity index is 456. The summed E-state index contributed by atoms with van der Waals surface area (Å²) in [6.07, 6.45) is 3.47. The molecule has 7 heteroatoms. The molecule has 106 valence electrons. The van der Waals surface area contributed by atoms with Gasteiger partial charge in [-0.3, -0.25) is 4.68 Å². The minimum atomic E-state index is -1.03. The first-order chi connectivity index (χ1) is 8.81. The SMILES string of the molecule is CC(C)[C@H](NC(=O)N(C)Cc1cnn(C)c1)C(=O)O. The zero-order valence-corrected chi connectivity index (χ0v) is 11.6. The zero-order chi connectivity index (χ0) is 14.6. The van der Waals surface area contributed by atoms with Gasteiger partial charge < -0.3 is 15.3 Å². The van der Waals surface area contributed by atoms with Crippen LogP contribution in [-0.4, -0.2) is 44.9 Å². The van der Waals surface area contributed by atoms with Crippen molar-refractivity contribution >= 4 is 12.0 Å². The molecule has 0 aromatic carbocycles. The maximum atomic E-state index is 11.9. The maximum Gasteiger partial charge on any atom is 0.326 e. The number of amides is 2. The molecule has 1 aromatic rings. The van der Waals surface area contributed by atoms with E-state index in [0.717, 1.165) is 5.56 Å². The third kappa shape index (κ3) is 4.27. The number of urea groups is 1. The number of aryl methyl sites for hydroxylation is 1. The number of nitrogens with zero attached hydrogens (tertiary/aromatic N) is 3. The summed E-state index contributed by atoms with van der Waals surface area (Å²) in [5, 5.41) is 15.5. The molecule has 1 heterocycles. The van der Waals surface area contributed by atoms with Gasteiger partial charge in [0.15, 0.2) is 0 Å². The van der Waals surface area contributed by atoms with Crippen molar-refractivity contribution in [3.63, 3.8) is 0 Å². The predicted molar refractivity (Wildman–Crippen MR) is 69.5 cm³/mol. The van der Waals surface area contributed by atoms with Crippen LogP contribution in [0.5, 0.6) is 0 Å². The van der Waals surface area contributed by atoms with Crippen LogP contribution in [0.3, 0.4) is 0 Å². The van der Waals surface area contributed by atoms with Crippen molar-refractivity contribution < 1.29 is 14.7 Å². The first-order valence-electron chi connectivity index (χ1n) is 6.03. The van der Waals surface area contributed by atoms with Crippen molar-refractivity contribution in [2.24, 2.45) is 13.0 Å². The van der Waals surface area contributed by atoms with Crippen LogP contribution >= 0.6 is 0 Å². The van der Waals surface area contributed by atoms with Crippen LogP contribution in [0.1, 0.15) is 19.4 Å². The number of aliphatic carboxylic acids is 1. The van der Waals surface area contributed by atoms with Crippen LogP contribution in [0.25, 0.3) is 0 Å². The van der Waals surface area contributed by atoms with E-state index >= 15 is 0 Å².